The number of hydrogen-bond donors (Lipinski definition) is 0. The van der Waals surface area contributed by atoms with Crippen molar-refractivity contribution in [1.29, 1.82) is 0 Å². The molecule has 0 aliphatic carbocycles. The summed E-state index contributed by atoms with van der Waals surface area (Å²) in [5, 5.41) is 0. The molecule has 0 N–H and O–H groups in total. The van der Waals surface area contributed by atoms with Gasteiger partial charge in [-0.1, -0.05) is 91.0 Å². The maximum Gasteiger partial charge on any atom is 0.357 e. The fraction of sp³-hybridized carbons (Fsp3) is 0.269. The monoisotopic (exact) mass is 449 g/mol. The SMILES string of the molecule is CCOP(=O)(OCC)C(c1ccccc1)N1C(=O)[C@H](c2ccccc2)[C@@H]1c1ccccc1. The third-order valence-corrected chi connectivity index (χ3v) is 8.10. The van der Waals surface area contributed by atoms with Crippen LogP contribution >= 0.6 is 7.60 Å². The van der Waals surface area contributed by atoms with Gasteiger partial charge in [-0.2, -0.15) is 0 Å². The van der Waals surface area contributed by atoms with Crippen molar-refractivity contribution in [2.24, 2.45) is 0 Å². The summed E-state index contributed by atoms with van der Waals surface area (Å²) >= 11 is 0. The summed E-state index contributed by atoms with van der Waals surface area (Å²) in [5.74, 6) is -1.28. The van der Waals surface area contributed by atoms with Crippen LogP contribution in [0, 0.1) is 0 Å². The van der Waals surface area contributed by atoms with Crippen LogP contribution in [-0.2, 0) is 18.4 Å². The van der Waals surface area contributed by atoms with E-state index in [4.69, 9.17) is 9.05 Å². The van der Waals surface area contributed by atoms with Gasteiger partial charge in [0.1, 0.15) is 0 Å². The van der Waals surface area contributed by atoms with Crippen LogP contribution in [0.5, 0.6) is 0 Å². The predicted molar refractivity (Wildman–Crippen MR) is 125 cm³/mol. The van der Waals surface area contributed by atoms with Gasteiger partial charge < -0.3 is 13.9 Å². The number of benzene rings is 3. The lowest BCUT2D eigenvalue weighted by Crippen LogP contribution is -2.54. The van der Waals surface area contributed by atoms with E-state index < -0.39 is 13.4 Å². The van der Waals surface area contributed by atoms with Crippen LogP contribution in [0.2, 0.25) is 0 Å². The van der Waals surface area contributed by atoms with Gasteiger partial charge in [-0.25, -0.2) is 0 Å². The normalized spacial score (nSPS) is 19.4. The van der Waals surface area contributed by atoms with Gasteiger partial charge in [0, 0.05) is 0 Å². The summed E-state index contributed by atoms with van der Waals surface area (Å²) in [6, 6.07) is 28.7. The van der Waals surface area contributed by atoms with Crippen molar-refractivity contribution in [3.05, 3.63) is 108 Å². The minimum Gasteiger partial charge on any atom is -0.315 e. The predicted octanol–water partition coefficient (Wildman–Crippen LogP) is 6.32. The smallest absolute Gasteiger partial charge is 0.315 e. The first kappa shape index (κ1) is 22.5. The van der Waals surface area contributed by atoms with Gasteiger partial charge in [0.2, 0.25) is 5.91 Å². The highest BCUT2D eigenvalue weighted by Crippen LogP contribution is 2.67. The van der Waals surface area contributed by atoms with Crippen molar-refractivity contribution in [1.82, 2.24) is 4.90 Å². The fourth-order valence-corrected chi connectivity index (χ4v) is 6.61. The van der Waals surface area contributed by atoms with Crippen LogP contribution in [0.15, 0.2) is 91.0 Å². The highest BCUT2D eigenvalue weighted by atomic mass is 31.2. The van der Waals surface area contributed by atoms with E-state index in [9.17, 15) is 9.36 Å². The minimum absolute atomic E-state index is 0.0847. The molecule has 3 aromatic carbocycles. The van der Waals surface area contributed by atoms with Crippen molar-refractivity contribution in [2.75, 3.05) is 13.2 Å². The Hall–Kier alpha value is -2.72. The van der Waals surface area contributed by atoms with E-state index >= 15 is 0 Å². The minimum atomic E-state index is -3.68. The van der Waals surface area contributed by atoms with Gasteiger partial charge in [-0.3, -0.25) is 9.36 Å². The summed E-state index contributed by atoms with van der Waals surface area (Å²) in [5.41, 5.74) is 2.66. The molecule has 1 saturated heterocycles. The molecule has 1 heterocycles. The number of nitrogens with zero attached hydrogens (tertiary/aromatic N) is 1. The highest BCUT2D eigenvalue weighted by Gasteiger charge is 2.57. The molecule has 3 aromatic rings. The fourth-order valence-electron chi connectivity index (χ4n) is 4.43. The number of amides is 1. The molecule has 4 rings (SSSR count). The first-order valence-electron chi connectivity index (χ1n) is 11.0. The van der Waals surface area contributed by atoms with Crippen LogP contribution in [-0.4, -0.2) is 24.0 Å². The van der Waals surface area contributed by atoms with Crippen molar-refractivity contribution in [3.8, 4) is 0 Å². The van der Waals surface area contributed by atoms with E-state index in [2.05, 4.69) is 0 Å². The summed E-state index contributed by atoms with van der Waals surface area (Å²) in [6.45, 7) is 4.02. The number of β-lactam (4-membered cyclic amide) rings is 1. The molecule has 0 bridgehead atoms. The number of hydrogen-bond acceptors (Lipinski definition) is 4. The van der Waals surface area contributed by atoms with Crippen molar-refractivity contribution < 1.29 is 18.4 Å². The number of carbonyl (C=O) groups excluding carboxylic acids is 1. The van der Waals surface area contributed by atoms with Gasteiger partial charge in [-0.05, 0) is 30.5 Å². The summed E-state index contributed by atoms with van der Waals surface area (Å²) in [7, 11) is -3.68. The zero-order valence-electron chi connectivity index (χ0n) is 18.3. The highest BCUT2D eigenvalue weighted by molar-refractivity contribution is 7.54. The van der Waals surface area contributed by atoms with Crippen molar-refractivity contribution in [2.45, 2.75) is 31.6 Å². The van der Waals surface area contributed by atoms with E-state index in [1.807, 2.05) is 91.0 Å². The Morgan fingerprint density at radius 1 is 0.781 bits per heavy atom. The number of likely N-dealkylation sites (tertiary alicyclic amines) is 1. The molecule has 1 unspecified atom stereocenters. The first-order valence-corrected chi connectivity index (χ1v) is 12.6. The second-order valence-electron chi connectivity index (χ2n) is 7.65. The van der Waals surface area contributed by atoms with Crippen LogP contribution in [0.4, 0.5) is 0 Å². The number of rotatable bonds is 9. The lowest BCUT2D eigenvalue weighted by atomic mass is 9.77. The third-order valence-electron chi connectivity index (χ3n) is 5.71. The van der Waals surface area contributed by atoms with Gasteiger partial charge in [0.15, 0.2) is 5.78 Å². The zero-order valence-corrected chi connectivity index (χ0v) is 19.2. The molecule has 3 atom stereocenters. The quantitative estimate of drug-likeness (QED) is 0.283. The molecule has 1 fully saturated rings. The van der Waals surface area contributed by atoms with E-state index in [1.165, 1.54) is 0 Å². The zero-order chi connectivity index (χ0) is 22.6. The molecule has 0 spiro atoms. The largest absolute Gasteiger partial charge is 0.357 e. The molecule has 1 amide bonds. The molecule has 1 aliphatic heterocycles. The van der Waals surface area contributed by atoms with E-state index in [0.717, 1.165) is 16.7 Å². The Bertz CT molecular complexity index is 1060. The average molecular weight is 449 g/mol. The molecule has 166 valence electrons. The molecule has 0 radical (unpaired) electrons. The van der Waals surface area contributed by atoms with Crippen molar-refractivity contribution >= 4 is 13.5 Å². The molecule has 32 heavy (non-hydrogen) atoms. The van der Waals surface area contributed by atoms with Gasteiger partial charge in [-0.15, -0.1) is 0 Å². The first-order chi connectivity index (χ1) is 15.6. The van der Waals surface area contributed by atoms with Gasteiger partial charge >= 0.3 is 7.60 Å². The van der Waals surface area contributed by atoms with Crippen LogP contribution in [0.3, 0.4) is 0 Å². The van der Waals surface area contributed by atoms with Crippen molar-refractivity contribution in [3.63, 3.8) is 0 Å². The molecular formula is C26H28NO4P. The Labute approximate surface area is 189 Å². The average Bonchev–Trinajstić information content (AvgIpc) is 2.82. The van der Waals surface area contributed by atoms with E-state index in [0.29, 0.717) is 0 Å². The third kappa shape index (κ3) is 4.16. The molecule has 5 nitrogen and oxygen atoms in total. The van der Waals surface area contributed by atoms with Crippen LogP contribution < -0.4 is 0 Å². The Morgan fingerprint density at radius 3 is 1.75 bits per heavy atom. The molecule has 1 aliphatic rings. The van der Waals surface area contributed by atoms with Gasteiger partial charge in [0.25, 0.3) is 0 Å². The summed E-state index contributed by atoms with van der Waals surface area (Å²) in [6.07, 6.45) is 0. The Morgan fingerprint density at radius 2 is 1.25 bits per heavy atom. The lowest BCUT2D eigenvalue weighted by Gasteiger charge is -2.52. The lowest BCUT2D eigenvalue weighted by molar-refractivity contribution is -0.153. The molecule has 0 aromatic heterocycles. The van der Waals surface area contributed by atoms with E-state index in [1.54, 1.807) is 18.7 Å². The van der Waals surface area contributed by atoms with Crippen LogP contribution in [0.25, 0.3) is 0 Å². The standard InChI is InChI=1S/C26H28NO4P/c1-3-30-32(29,31-4-2)26(22-18-12-7-13-19-22)27-24(21-16-10-6-11-17-21)23(25(27)28)20-14-8-5-9-15-20/h5-19,23-24,26H,3-4H2,1-2H3/t23-,24+,26?/m1/s1. The maximum absolute atomic E-state index is 14.1. The Kier molecular flexibility index (Phi) is 6.90. The maximum atomic E-state index is 14.1. The topological polar surface area (TPSA) is 55.8 Å². The summed E-state index contributed by atoms with van der Waals surface area (Å²) < 4.78 is 25.6. The van der Waals surface area contributed by atoms with E-state index in [-0.39, 0.29) is 31.1 Å². The van der Waals surface area contributed by atoms with Crippen LogP contribution in [0.1, 0.15) is 48.3 Å². The number of carbonyl (C=O) groups is 1. The molecule has 0 saturated carbocycles. The molecule has 6 heteroatoms. The van der Waals surface area contributed by atoms with Gasteiger partial charge in [0.05, 0.1) is 25.2 Å². The second-order valence-corrected chi connectivity index (χ2v) is 9.73. The Balaban J connectivity index is 1.85. The second kappa shape index (κ2) is 9.83. The summed E-state index contributed by atoms with van der Waals surface area (Å²) in [4.78, 5) is 15.4. The molecular weight excluding hydrogens is 421 g/mol.